The van der Waals surface area contributed by atoms with Gasteiger partial charge in [-0.2, -0.15) is 0 Å². The van der Waals surface area contributed by atoms with Crippen molar-refractivity contribution in [3.63, 3.8) is 0 Å². The van der Waals surface area contributed by atoms with E-state index in [4.69, 9.17) is 0 Å². The molecular formula is C18H23N5O. The molecule has 3 rings (SSSR count). The molecule has 24 heavy (non-hydrogen) atoms. The highest BCUT2D eigenvalue weighted by atomic mass is 16.2. The third-order valence-electron chi connectivity index (χ3n) is 4.32. The maximum Gasteiger partial charge on any atom is 0.274 e. The first-order valence-electron chi connectivity index (χ1n) is 8.19. The Hall–Kier alpha value is -2.47. The standard InChI is InChI=1S/C18H23N5O/c1-13-4-5-15(14(2)12-13)19-17-7-6-16(20-21-17)18(24)23-10-8-22(3)9-11-23/h4-7,12H,8-11H2,1-3H3,(H,19,21). The number of hydrogen-bond donors (Lipinski definition) is 1. The minimum atomic E-state index is -0.0475. The third kappa shape index (κ3) is 3.71. The Bertz CT molecular complexity index is 721. The number of aromatic nitrogens is 2. The number of carbonyl (C=O) groups is 1. The molecule has 1 N–H and O–H groups in total. The second-order valence-electron chi connectivity index (χ2n) is 6.34. The largest absolute Gasteiger partial charge is 0.339 e. The molecule has 1 aromatic heterocycles. The highest BCUT2D eigenvalue weighted by Gasteiger charge is 2.21. The van der Waals surface area contributed by atoms with Crippen LogP contribution in [0.25, 0.3) is 0 Å². The lowest BCUT2D eigenvalue weighted by atomic mass is 10.1. The molecule has 0 radical (unpaired) electrons. The van der Waals surface area contributed by atoms with Gasteiger partial charge in [-0.1, -0.05) is 17.7 Å². The number of rotatable bonds is 3. The van der Waals surface area contributed by atoms with Gasteiger partial charge in [0.15, 0.2) is 11.5 Å². The van der Waals surface area contributed by atoms with Crippen molar-refractivity contribution in [3.05, 3.63) is 47.2 Å². The summed E-state index contributed by atoms with van der Waals surface area (Å²) in [6.07, 6.45) is 0. The molecule has 2 heterocycles. The van der Waals surface area contributed by atoms with Crippen LogP contribution in [0.2, 0.25) is 0 Å². The van der Waals surface area contributed by atoms with E-state index in [0.717, 1.165) is 37.4 Å². The van der Waals surface area contributed by atoms with Gasteiger partial charge in [-0.15, -0.1) is 10.2 Å². The van der Waals surface area contributed by atoms with E-state index in [1.165, 1.54) is 5.56 Å². The average Bonchev–Trinajstić information content (AvgIpc) is 2.58. The molecule has 0 atom stereocenters. The van der Waals surface area contributed by atoms with Gasteiger partial charge in [-0.05, 0) is 44.7 Å². The van der Waals surface area contributed by atoms with Crippen LogP contribution < -0.4 is 5.32 Å². The summed E-state index contributed by atoms with van der Waals surface area (Å²) in [7, 11) is 2.06. The van der Waals surface area contributed by atoms with Crippen molar-refractivity contribution < 1.29 is 4.79 Å². The molecule has 1 saturated heterocycles. The van der Waals surface area contributed by atoms with Crippen molar-refractivity contribution in [2.24, 2.45) is 0 Å². The summed E-state index contributed by atoms with van der Waals surface area (Å²) in [5, 5.41) is 11.5. The van der Waals surface area contributed by atoms with E-state index < -0.39 is 0 Å². The third-order valence-corrected chi connectivity index (χ3v) is 4.32. The van der Waals surface area contributed by atoms with E-state index in [1.54, 1.807) is 12.1 Å². The predicted molar refractivity (Wildman–Crippen MR) is 94.6 cm³/mol. The first-order chi connectivity index (χ1) is 11.5. The molecule has 0 spiro atoms. The average molecular weight is 325 g/mol. The van der Waals surface area contributed by atoms with Gasteiger partial charge in [-0.25, -0.2) is 0 Å². The fraction of sp³-hybridized carbons (Fsp3) is 0.389. The van der Waals surface area contributed by atoms with Crippen LogP contribution in [0.1, 0.15) is 21.6 Å². The number of anilines is 2. The number of hydrogen-bond acceptors (Lipinski definition) is 5. The Labute approximate surface area is 142 Å². The topological polar surface area (TPSA) is 61.4 Å². The molecule has 6 heteroatoms. The van der Waals surface area contributed by atoms with Crippen molar-refractivity contribution in [2.75, 3.05) is 38.5 Å². The molecule has 126 valence electrons. The Morgan fingerprint density at radius 3 is 2.42 bits per heavy atom. The second kappa shape index (κ2) is 6.97. The van der Waals surface area contributed by atoms with Crippen molar-refractivity contribution in [3.8, 4) is 0 Å². The molecule has 1 aliphatic rings. The highest BCUT2D eigenvalue weighted by molar-refractivity contribution is 5.92. The quantitative estimate of drug-likeness (QED) is 0.937. The molecule has 0 bridgehead atoms. The molecule has 1 fully saturated rings. The lowest BCUT2D eigenvalue weighted by Crippen LogP contribution is -2.47. The zero-order valence-electron chi connectivity index (χ0n) is 14.4. The molecular weight excluding hydrogens is 302 g/mol. The van der Waals surface area contributed by atoms with Crippen LogP contribution in [0.15, 0.2) is 30.3 Å². The van der Waals surface area contributed by atoms with Gasteiger partial charge >= 0.3 is 0 Å². The fourth-order valence-electron chi connectivity index (χ4n) is 2.78. The molecule has 2 aromatic rings. The van der Waals surface area contributed by atoms with Crippen molar-refractivity contribution in [2.45, 2.75) is 13.8 Å². The van der Waals surface area contributed by atoms with Crippen LogP contribution in [0.3, 0.4) is 0 Å². The Balaban J connectivity index is 1.68. The summed E-state index contributed by atoms with van der Waals surface area (Å²) < 4.78 is 0. The second-order valence-corrected chi connectivity index (χ2v) is 6.34. The summed E-state index contributed by atoms with van der Waals surface area (Å²) >= 11 is 0. The predicted octanol–water partition coefficient (Wildman–Crippen LogP) is 2.22. The molecule has 1 aromatic carbocycles. The van der Waals surface area contributed by atoms with Gasteiger partial charge < -0.3 is 15.1 Å². The minimum absolute atomic E-state index is 0.0475. The number of nitrogens with one attached hydrogen (secondary N) is 1. The molecule has 0 saturated carbocycles. The number of benzene rings is 1. The summed E-state index contributed by atoms with van der Waals surface area (Å²) in [4.78, 5) is 16.5. The lowest BCUT2D eigenvalue weighted by Gasteiger charge is -2.32. The fourth-order valence-corrected chi connectivity index (χ4v) is 2.78. The number of aryl methyl sites for hydroxylation is 2. The van der Waals surface area contributed by atoms with E-state index in [2.05, 4.69) is 40.5 Å². The summed E-state index contributed by atoms with van der Waals surface area (Å²) in [6.45, 7) is 7.37. The smallest absolute Gasteiger partial charge is 0.274 e. The zero-order valence-corrected chi connectivity index (χ0v) is 14.4. The monoisotopic (exact) mass is 325 g/mol. The first-order valence-corrected chi connectivity index (χ1v) is 8.19. The van der Waals surface area contributed by atoms with E-state index in [0.29, 0.717) is 11.5 Å². The van der Waals surface area contributed by atoms with Crippen LogP contribution in [0.5, 0.6) is 0 Å². The van der Waals surface area contributed by atoms with Gasteiger partial charge in [0.2, 0.25) is 0 Å². The van der Waals surface area contributed by atoms with Crippen LogP contribution in [-0.4, -0.2) is 59.1 Å². The van der Waals surface area contributed by atoms with Gasteiger partial charge in [0, 0.05) is 31.9 Å². The first kappa shape index (κ1) is 16.4. The van der Waals surface area contributed by atoms with Crippen LogP contribution >= 0.6 is 0 Å². The maximum atomic E-state index is 12.5. The summed E-state index contributed by atoms with van der Waals surface area (Å²) in [6, 6.07) is 9.72. The van der Waals surface area contributed by atoms with Gasteiger partial charge in [0.25, 0.3) is 5.91 Å². The number of carbonyl (C=O) groups excluding carboxylic acids is 1. The lowest BCUT2D eigenvalue weighted by molar-refractivity contribution is 0.0657. The van der Waals surface area contributed by atoms with Crippen molar-refractivity contribution in [1.82, 2.24) is 20.0 Å². The van der Waals surface area contributed by atoms with Crippen LogP contribution in [0, 0.1) is 13.8 Å². The summed E-state index contributed by atoms with van der Waals surface area (Å²) in [5.74, 6) is 0.588. The minimum Gasteiger partial charge on any atom is -0.339 e. The Kier molecular flexibility index (Phi) is 4.76. The van der Waals surface area contributed by atoms with Crippen LogP contribution in [0.4, 0.5) is 11.5 Å². The Morgan fingerprint density at radius 2 is 1.79 bits per heavy atom. The van der Waals surface area contributed by atoms with Crippen molar-refractivity contribution in [1.29, 1.82) is 0 Å². The van der Waals surface area contributed by atoms with Crippen LogP contribution in [-0.2, 0) is 0 Å². The molecule has 1 amide bonds. The van der Waals surface area contributed by atoms with Gasteiger partial charge in [-0.3, -0.25) is 4.79 Å². The zero-order chi connectivity index (χ0) is 17.1. The van der Waals surface area contributed by atoms with E-state index in [-0.39, 0.29) is 5.91 Å². The Morgan fingerprint density at radius 1 is 1.04 bits per heavy atom. The maximum absolute atomic E-state index is 12.5. The number of piperazine rings is 1. The van der Waals surface area contributed by atoms with E-state index >= 15 is 0 Å². The number of amides is 1. The molecule has 6 nitrogen and oxygen atoms in total. The molecule has 1 aliphatic heterocycles. The van der Waals surface area contributed by atoms with E-state index in [1.807, 2.05) is 24.0 Å². The summed E-state index contributed by atoms with van der Waals surface area (Å²) in [5.41, 5.74) is 3.76. The van der Waals surface area contributed by atoms with Crippen molar-refractivity contribution >= 4 is 17.4 Å². The normalized spacial score (nSPS) is 15.4. The highest BCUT2D eigenvalue weighted by Crippen LogP contribution is 2.20. The molecule has 0 aliphatic carbocycles. The SMILES string of the molecule is Cc1ccc(Nc2ccc(C(=O)N3CCN(C)CC3)nn2)c(C)c1. The molecule has 0 unspecified atom stereocenters. The van der Waals surface area contributed by atoms with Gasteiger partial charge in [0.1, 0.15) is 0 Å². The number of likely N-dealkylation sites (N-methyl/N-ethyl adjacent to an activating group) is 1. The number of nitrogens with zero attached hydrogens (tertiary/aromatic N) is 4. The van der Waals surface area contributed by atoms with Gasteiger partial charge in [0.05, 0.1) is 0 Å². The van der Waals surface area contributed by atoms with E-state index in [9.17, 15) is 4.79 Å².